The van der Waals surface area contributed by atoms with Crippen LogP contribution in [0.2, 0.25) is 0 Å². The molecule has 1 aromatic heterocycles. The molecule has 0 atom stereocenters. The first kappa shape index (κ1) is 13.7. The molecule has 100 valence electrons. The molecule has 0 unspecified atom stereocenters. The molecule has 0 aliphatic heterocycles. The average Bonchev–Trinajstić information content (AvgIpc) is 2.65. The lowest BCUT2D eigenvalue weighted by atomic mass is 10.1. The molecule has 2 rings (SSSR count). The fraction of sp³-hybridized carbons (Fsp3) is 0.0909. The number of benzene rings is 1. The highest BCUT2D eigenvalue weighted by Crippen LogP contribution is 2.31. The Morgan fingerprint density at radius 1 is 1.37 bits per heavy atom. The number of rotatable bonds is 2. The molecule has 1 amide bonds. The molecule has 0 radical (unpaired) electrons. The first-order chi connectivity index (χ1) is 8.90. The standard InChI is InChI=1S/C11H8F2IN3O2/c1-17-10(16-11(18)19)6(4-15-17)5-2-8(13)9(14)3-7(5)12/h2-4,16H,1H3,(H,18,19). The van der Waals surface area contributed by atoms with Gasteiger partial charge in [0.05, 0.1) is 9.77 Å². The number of hydrogen-bond donors (Lipinski definition) is 2. The van der Waals surface area contributed by atoms with Crippen molar-refractivity contribution in [1.82, 2.24) is 9.78 Å². The molecule has 2 aromatic rings. The van der Waals surface area contributed by atoms with E-state index >= 15 is 0 Å². The zero-order valence-corrected chi connectivity index (χ0v) is 11.8. The molecular formula is C11H8F2IN3O2. The Labute approximate surface area is 120 Å². The minimum Gasteiger partial charge on any atom is -0.465 e. The Kier molecular flexibility index (Phi) is 3.69. The van der Waals surface area contributed by atoms with Gasteiger partial charge in [-0.2, -0.15) is 5.10 Å². The third kappa shape index (κ3) is 2.67. The van der Waals surface area contributed by atoms with Crippen LogP contribution in [0.1, 0.15) is 0 Å². The number of halogens is 3. The van der Waals surface area contributed by atoms with Crippen LogP contribution in [0.15, 0.2) is 18.3 Å². The van der Waals surface area contributed by atoms with Crippen LogP contribution in [0, 0.1) is 15.2 Å². The Bertz CT molecular complexity index is 658. The summed E-state index contributed by atoms with van der Waals surface area (Å²) >= 11 is 1.67. The van der Waals surface area contributed by atoms with Gasteiger partial charge in [0.25, 0.3) is 0 Å². The van der Waals surface area contributed by atoms with Crippen molar-refractivity contribution in [1.29, 1.82) is 0 Å². The summed E-state index contributed by atoms with van der Waals surface area (Å²) in [6, 6.07) is 2.06. The van der Waals surface area contributed by atoms with E-state index in [1.807, 2.05) is 0 Å². The van der Waals surface area contributed by atoms with Crippen LogP contribution in [0.25, 0.3) is 11.1 Å². The summed E-state index contributed by atoms with van der Waals surface area (Å²) in [5.41, 5.74) is 0.132. The van der Waals surface area contributed by atoms with Crippen LogP contribution in [-0.4, -0.2) is 21.0 Å². The number of hydrogen-bond acceptors (Lipinski definition) is 2. The second-order valence-corrected chi connectivity index (χ2v) is 4.87. The predicted molar refractivity (Wildman–Crippen MR) is 72.9 cm³/mol. The van der Waals surface area contributed by atoms with E-state index in [1.165, 1.54) is 17.9 Å². The van der Waals surface area contributed by atoms with Gasteiger partial charge in [0.1, 0.15) is 17.5 Å². The summed E-state index contributed by atoms with van der Waals surface area (Å²) in [4.78, 5) is 10.7. The van der Waals surface area contributed by atoms with E-state index in [0.717, 1.165) is 12.1 Å². The van der Waals surface area contributed by atoms with Crippen LogP contribution in [0.4, 0.5) is 19.4 Å². The van der Waals surface area contributed by atoms with E-state index in [9.17, 15) is 13.6 Å². The van der Waals surface area contributed by atoms with Gasteiger partial charge < -0.3 is 5.11 Å². The van der Waals surface area contributed by atoms with Crippen molar-refractivity contribution in [3.05, 3.63) is 33.5 Å². The SMILES string of the molecule is Cn1ncc(-c2cc(F)c(I)cc2F)c1NC(=O)O. The number of aryl methyl sites for hydroxylation is 1. The molecule has 8 heteroatoms. The fourth-order valence-electron chi connectivity index (χ4n) is 1.61. The molecular weight excluding hydrogens is 371 g/mol. The van der Waals surface area contributed by atoms with Crippen molar-refractivity contribution in [2.24, 2.45) is 7.05 Å². The lowest BCUT2D eigenvalue weighted by Gasteiger charge is -2.07. The van der Waals surface area contributed by atoms with E-state index in [2.05, 4.69) is 10.4 Å². The molecule has 0 spiro atoms. The molecule has 1 aromatic carbocycles. The third-order valence-electron chi connectivity index (χ3n) is 2.46. The summed E-state index contributed by atoms with van der Waals surface area (Å²) in [5, 5.41) is 14.7. The molecule has 5 nitrogen and oxygen atoms in total. The summed E-state index contributed by atoms with van der Waals surface area (Å²) in [6.45, 7) is 0. The molecule has 2 N–H and O–H groups in total. The Hall–Kier alpha value is -1.71. The van der Waals surface area contributed by atoms with Gasteiger partial charge in [0, 0.05) is 18.2 Å². The van der Waals surface area contributed by atoms with Crippen LogP contribution in [0.3, 0.4) is 0 Å². The third-order valence-corrected chi connectivity index (χ3v) is 3.29. The highest BCUT2D eigenvalue weighted by atomic mass is 127. The van der Waals surface area contributed by atoms with Gasteiger partial charge in [-0.05, 0) is 34.7 Å². The number of amides is 1. The first-order valence-corrected chi connectivity index (χ1v) is 6.15. The quantitative estimate of drug-likeness (QED) is 0.623. The fourth-order valence-corrected chi connectivity index (χ4v) is 2.04. The number of carbonyl (C=O) groups is 1. The molecule has 0 bridgehead atoms. The minimum absolute atomic E-state index is 0.0465. The number of carboxylic acid groups (broad SMARTS) is 1. The molecule has 0 aliphatic carbocycles. The maximum absolute atomic E-state index is 13.9. The van der Waals surface area contributed by atoms with Gasteiger partial charge in [0.15, 0.2) is 0 Å². The molecule has 0 aliphatic rings. The normalized spacial score (nSPS) is 10.5. The van der Waals surface area contributed by atoms with Gasteiger partial charge in [-0.3, -0.25) is 10.00 Å². The van der Waals surface area contributed by atoms with Gasteiger partial charge >= 0.3 is 6.09 Å². The molecule has 1 heterocycles. The van der Waals surface area contributed by atoms with Crippen molar-refractivity contribution in [2.45, 2.75) is 0 Å². The van der Waals surface area contributed by atoms with Crippen LogP contribution in [-0.2, 0) is 7.05 Å². The first-order valence-electron chi connectivity index (χ1n) is 5.07. The second-order valence-electron chi connectivity index (χ2n) is 3.71. The van der Waals surface area contributed by atoms with Crippen molar-refractivity contribution >= 4 is 34.5 Å². The maximum Gasteiger partial charge on any atom is 0.410 e. The van der Waals surface area contributed by atoms with Crippen molar-refractivity contribution in [2.75, 3.05) is 5.32 Å². The number of aromatic nitrogens is 2. The average molecular weight is 379 g/mol. The van der Waals surface area contributed by atoms with E-state index in [1.54, 1.807) is 22.6 Å². The molecule has 0 saturated heterocycles. The highest BCUT2D eigenvalue weighted by Gasteiger charge is 2.18. The van der Waals surface area contributed by atoms with Gasteiger partial charge in [-0.15, -0.1) is 0 Å². The summed E-state index contributed by atoms with van der Waals surface area (Å²) in [7, 11) is 1.50. The van der Waals surface area contributed by atoms with Crippen molar-refractivity contribution in [3.8, 4) is 11.1 Å². The Morgan fingerprint density at radius 2 is 2.05 bits per heavy atom. The largest absolute Gasteiger partial charge is 0.465 e. The minimum atomic E-state index is -1.31. The Balaban J connectivity index is 2.59. The summed E-state index contributed by atoms with van der Waals surface area (Å²) < 4.78 is 28.8. The van der Waals surface area contributed by atoms with Crippen molar-refractivity contribution < 1.29 is 18.7 Å². The second kappa shape index (κ2) is 5.11. The molecule has 19 heavy (non-hydrogen) atoms. The smallest absolute Gasteiger partial charge is 0.410 e. The predicted octanol–water partition coefficient (Wildman–Crippen LogP) is 3.06. The van der Waals surface area contributed by atoms with E-state index in [0.29, 0.717) is 0 Å². The Morgan fingerprint density at radius 3 is 2.68 bits per heavy atom. The van der Waals surface area contributed by atoms with Gasteiger partial charge in [-0.25, -0.2) is 13.6 Å². The topological polar surface area (TPSA) is 67.2 Å². The van der Waals surface area contributed by atoms with Gasteiger partial charge in [0.2, 0.25) is 0 Å². The summed E-state index contributed by atoms with van der Waals surface area (Å²) in [6.07, 6.45) is -0.0352. The van der Waals surface area contributed by atoms with Crippen LogP contribution in [0.5, 0.6) is 0 Å². The number of anilines is 1. The molecule has 0 saturated carbocycles. The van der Waals surface area contributed by atoms with Crippen molar-refractivity contribution in [3.63, 3.8) is 0 Å². The van der Waals surface area contributed by atoms with E-state index in [-0.39, 0.29) is 20.5 Å². The number of nitrogens with one attached hydrogen (secondary N) is 1. The van der Waals surface area contributed by atoms with Crippen LogP contribution >= 0.6 is 22.6 Å². The lowest BCUT2D eigenvalue weighted by Crippen LogP contribution is -2.12. The van der Waals surface area contributed by atoms with E-state index < -0.39 is 17.7 Å². The molecule has 0 fully saturated rings. The lowest BCUT2D eigenvalue weighted by molar-refractivity contribution is 0.209. The highest BCUT2D eigenvalue weighted by molar-refractivity contribution is 14.1. The maximum atomic E-state index is 13.9. The summed E-state index contributed by atoms with van der Waals surface area (Å²) in [5.74, 6) is -1.15. The zero-order valence-electron chi connectivity index (χ0n) is 9.62. The monoisotopic (exact) mass is 379 g/mol. The van der Waals surface area contributed by atoms with Crippen LogP contribution < -0.4 is 5.32 Å². The number of nitrogens with zero attached hydrogens (tertiary/aromatic N) is 2. The zero-order chi connectivity index (χ0) is 14.2. The van der Waals surface area contributed by atoms with E-state index in [4.69, 9.17) is 5.11 Å². The van der Waals surface area contributed by atoms with Gasteiger partial charge in [-0.1, -0.05) is 0 Å².